The van der Waals surface area contributed by atoms with Crippen molar-refractivity contribution in [3.05, 3.63) is 29.8 Å². The Labute approximate surface area is 160 Å². The summed E-state index contributed by atoms with van der Waals surface area (Å²) in [6.45, 7) is 1.98. The zero-order valence-corrected chi connectivity index (χ0v) is 16.4. The maximum Gasteiger partial charge on any atom is 0.252 e. The van der Waals surface area contributed by atoms with Crippen LogP contribution >= 0.6 is 11.8 Å². The molecule has 1 aromatic carbocycles. The van der Waals surface area contributed by atoms with E-state index >= 15 is 0 Å². The van der Waals surface area contributed by atoms with E-state index in [4.69, 9.17) is 4.74 Å². The second kappa shape index (κ2) is 12.0. The summed E-state index contributed by atoms with van der Waals surface area (Å²) in [7, 11) is 1.65. The van der Waals surface area contributed by atoms with E-state index in [1.807, 2.05) is 18.2 Å². The highest BCUT2D eigenvalue weighted by atomic mass is 32.2. The van der Waals surface area contributed by atoms with Gasteiger partial charge in [0.15, 0.2) is 0 Å². The van der Waals surface area contributed by atoms with Gasteiger partial charge in [-0.1, -0.05) is 31.4 Å². The largest absolute Gasteiger partial charge is 0.385 e. The first-order valence-electron chi connectivity index (χ1n) is 9.46. The number of carbonyl (C=O) groups is 2. The van der Waals surface area contributed by atoms with Crippen molar-refractivity contribution < 1.29 is 14.3 Å². The first-order valence-corrected chi connectivity index (χ1v) is 10.4. The van der Waals surface area contributed by atoms with Crippen LogP contribution in [0.2, 0.25) is 0 Å². The Morgan fingerprint density at radius 1 is 1.15 bits per heavy atom. The van der Waals surface area contributed by atoms with Gasteiger partial charge in [0.05, 0.1) is 11.3 Å². The second-order valence-electron chi connectivity index (χ2n) is 6.70. The smallest absolute Gasteiger partial charge is 0.252 e. The number of carbonyl (C=O) groups excluding carboxylic acids is 2. The zero-order valence-electron chi connectivity index (χ0n) is 15.6. The third-order valence-electron chi connectivity index (χ3n) is 4.61. The summed E-state index contributed by atoms with van der Waals surface area (Å²) in [4.78, 5) is 25.3. The fourth-order valence-electron chi connectivity index (χ4n) is 3.14. The second-order valence-corrected chi connectivity index (χ2v) is 7.71. The van der Waals surface area contributed by atoms with Gasteiger partial charge in [-0.15, -0.1) is 11.8 Å². The van der Waals surface area contributed by atoms with Gasteiger partial charge in [0.2, 0.25) is 5.91 Å². The number of benzene rings is 1. The van der Waals surface area contributed by atoms with Gasteiger partial charge in [-0.25, -0.2) is 0 Å². The minimum absolute atomic E-state index is 0.0379. The van der Waals surface area contributed by atoms with E-state index in [1.165, 1.54) is 43.9 Å². The van der Waals surface area contributed by atoms with Gasteiger partial charge in [-0.2, -0.15) is 0 Å². The first-order chi connectivity index (χ1) is 12.7. The van der Waals surface area contributed by atoms with Crippen LogP contribution in [-0.4, -0.2) is 44.4 Å². The van der Waals surface area contributed by atoms with Crippen LogP contribution in [0.3, 0.4) is 0 Å². The third-order valence-corrected chi connectivity index (χ3v) is 5.69. The lowest BCUT2D eigenvalue weighted by atomic mass is 9.89. The highest BCUT2D eigenvalue weighted by Gasteiger charge is 2.15. The topological polar surface area (TPSA) is 67.4 Å². The van der Waals surface area contributed by atoms with Crippen LogP contribution in [-0.2, 0) is 9.53 Å². The number of thioether (sulfide) groups is 1. The Bertz CT molecular complexity index is 574. The molecule has 1 aliphatic carbocycles. The van der Waals surface area contributed by atoms with Crippen LogP contribution in [0.5, 0.6) is 0 Å². The summed E-state index contributed by atoms with van der Waals surface area (Å²) in [5.41, 5.74) is 0.620. The summed E-state index contributed by atoms with van der Waals surface area (Å²) in [5, 5.41) is 5.94. The van der Waals surface area contributed by atoms with E-state index < -0.39 is 0 Å². The Balaban J connectivity index is 1.77. The summed E-state index contributed by atoms with van der Waals surface area (Å²) in [6.07, 6.45) is 7.11. The average Bonchev–Trinajstić information content (AvgIpc) is 2.69. The molecule has 0 atom stereocenters. The summed E-state index contributed by atoms with van der Waals surface area (Å²) < 4.78 is 4.98. The number of hydrogen-bond acceptors (Lipinski definition) is 4. The van der Waals surface area contributed by atoms with E-state index in [1.54, 1.807) is 13.2 Å². The number of rotatable bonds is 10. The van der Waals surface area contributed by atoms with Crippen LogP contribution in [0.15, 0.2) is 29.2 Å². The van der Waals surface area contributed by atoms with Crippen LogP contribution in [0.4, 0.5) is 0 Å². The van der Waals surface area contributed by atoms with Gasteiger partial charge < -0.3 is 15.4 Å². The van der Waals surface area contributed by atoms with Crippen molar-refractivity contribution in [3.63, 3.8) is 0 Å². The van der Waals surface area contributed by atoms with E-state index in [2.05, 4.69) is 10.6 Å². The Morgan fingerprint density at radius 2 is 1.92 bits per heavy atom. The lowest BCUT2D eigenvalue weighted by molar-refractivity contribution is -0.118. The molecule has 144 valence electrons. The molecule has 2 amide bonds. The molecule has 0 unspecified atom stereocenters. The number of ether oxygens (including phenoxy) is 1. The molecule has 0 bridgehead atoms. The molecule has 1 fully saturated rings. The van der Waals surface area contributed by atoms with Gasteiger partial charge in [0.25, 0.3) is 5.91 Å². The molecule has 5 nitrogen and oxygen atoms in total. The monoisotopic (exact) mass is 378 g/mol. The van der Waals surface area contributed by atoms with Crippen molar-refractivity contribution in [2.24, 2.45) is 5.92 Å². The molecule has 2 N–H and O–H groups in total. The van der Waals surface area contributed by atoms with Crippen molar-refractivity contribution in [1.29, 1.82) is 0 Å². The fraction of sp³-hybridized carbons (Fsp3) is 0.600. The summed E-state index contributed by atoms with van der Waals surface area (Å²) in [6, 6.07) is 7.43. The van der Waals surface area contributed by atoms with Crippen LogP contribution in [0, 0.1) is 5.92 Å². The average molecular weight is 379 g/mol. The number of nitrogens with one attached hydrogen (secondary N) is 2. The molecule has 0 radical (unpaired) electrons. The van der Waals surface area contributed by atoms with Gasteiger partial charge in [0.1, 0.15) is 0 Å². The minimum Gasteiger partial charge on any atom is -0.385 e. The quantitative estimate of drug-likeness (QED) is 0.484. The molecule has 2 rings (SSSR count). The molecule has 1 aliphatic rings. The van der Waals surface area contributed by atoms with Gasteiger partial charge in [-0.3, -0.25) is 9.59 Å². The highest BCUT2D eigenvalue weighted by Crippen LogP contribution is 2.24. The zero-order chi connectivity index (χ0) is 18.6. The molecule has 6 heteroatoms. The van der Waals surface area contributed by atoms with Crippen molar-refractivity contribution >= 4 is 23.6 Å². The normalized spacial score (nSPS) is 14.8. The molecule has 0 saturated heterocycles. The Kier molecular flexibility index (Phi) is 9.56. The molecular formula is C20H30N2O3S. The Morgan fingerprint density at radius 3 is 2.69 bits per heavy atom. The van der Waals surface area contributed by atoms with Gasteiger partial charge in [0, 0.05) is 31.7 Å². The summed E-state index contributed by atoms with van der Waals surface area (Å²) in [5.74, 6) is 0.895. The molecule has 0 aliphatic heterocycles. The summed E-state index contributed by atoms with van der Waals surface area (Å²) >= 11 is 1.42. The SMILES string of the molecule is COCCCNC(=O)c1ccccc1SCC(=O)NCC1CCCCC1. The van der Waals surface area contributed by atoms with Crippen LogP contribution < -0.4 is 10.6 Å². The molecule has 0 spiro atoms. The van der Waals surface area contributed by atoms with E-state index in [0.717, 1.165) is 17.9 Å². The molecular weight excluding hydrogens is 348 g/mol. The molecule has 1 saturated carbocycles. The first kappa shape index (κ1) is 20.8. The van der Waals surface area contributed by atoms with E-state index in [9.17, 15) is 9.59 Å². The molecule has 26 heavy (non-hydrogen) atoms. The molecule has 0 aromatic heterocycles. The lowest BCUT2D eigenvalue weighted by Gasteiger charge is -2.21. The number of amides is 2. The van der Waals surface area contributed by atoms with Gasteiger partial charge in [-0.05, 0) is 37.3 Å². The lowest BCUT2D eigenvalue weighted by Crippen LogP contribution is -2.31. The van der Waals surface area contributed by atoms with E-state index in [-0.39, 0.29) is 11.8 Å². The predicted octanol–water partition coefficient (Wildman–Crippen LogP) is 3.24. The van der Waals surface area contributed by atoms with E-state index in [0.29, 0.717) is 30.4 Å². The highest BCUT2D eigenvalue weighted by molar-refractivity contribution is 8.00. The predicted molar refractivity (Wildman–Crippen MR) is 106 cm³/mol. The van der Waals surface area contributed by atoms with Crippen LogP contribution in [0.25, 0.3) is 0 Å². The molecule has 0 heterocycles. The maximum atomic E-state index is 12.3. The van der Waals surface area contributed by atoms with Crippen molar-refractivity contribution in [2.45, 2.75) is 43.4 Å². The van der Waals surface area contributed by atoms with Crippen molar-refractivity contribution in [1.82, 2.24) is 10.6 Å². The van der Waals surface area contributed by atoms with Crippen LogP contribution in [0.1, 0.15) is 48.9 Å². The van der Waals surface area contributed by atoms with Crippen molar-refractivity contribution in [2.75, 3.05) is 32.6 Å². The fourth-order valence-corrected chi connectivity index (χ4v) is 4.02. The minimum atomic E-state index is -0.105. The number of hydrogen-bond donors (Lipinski definition) is 2. The maximum absolute atomic E-state index is 12.3. The van der Waals surface area contributed by atoms with Crippen molar-refractivity contribution in [3.8, 4) is 0 Å². The molecule has 1 aromatic rings. The number of methoxy groups -OCH3 is 1. The standard InChI is InChI=1S/C20H30N2O3S/c1-25-13-7-12-21-20(24)17-10-5-6-11-18(17)26-15-19(23)22-14-16-8-3-2-4-9-16/h5-6,10-11,16H,2-4,7-9,12-15H2,1H3,(H,21,24)(H,22,23). The Hall–Kier alpha value is -1.53. The third kappa shape index (κ3) is 7.38. The van der Waals surface area contributed by atoms with Gasteiger partial charge >= 0.3 is 0 Å².